The average Bonchev–Trinajstić information content (AvgIpc) is 3.23. The van der Waals surface area contributed by atoms with Crippen molar-refractivity contribution in [1.82, 2.24) is 4.98 Å². The summed E-state index contributed by atoms with van der Waals surface area (Å²) in [6.07, 6.45) is -3.24. The first-order chi connectivity index (χ1) is 16.1. The number of alkyl halides is 3. The number of H-pyrrole nitrogens is 1. The molecule has 1 aromatic heterocycles. The van der Waals surface area contributed by atoms with Crippen molar-refractivity contribution in [3.05, 3.63) is 81.8 Å². The molecule has 180 valence electrons. The number of amidine groups is 1. The summed E-state index contributed by atoms with van der Waals surface area (Å²) < 4.78 is 70.5. The normalized spacial score (nSPS) is 11.7. The van der Waals surface area contributed by atoms with Crippen LogP contribution in [0.15, 0.2) is 52.5 Å². The van der Waals surface area contributed by atoms with Crippen molar-refractivity contribution in [2.75, 3.05) is 18.3 Å². The quantitative estimate of drug-likeness (QED) is 0.103. The van der Waals surface area contributed by atoms with Crippen LogP contribution in [0.25, 0.3) is 5.32 Å². The maximum Gasteiger partial charge on any atom is 1.00 e. The number of aliphatic imine (C=N–C) groups is 1. The summed E-state index contributed by atoms with van der Waals surface area (Å²) in [7, 11) is 1.45. The number of benzene rings is 2. The van der Waals surface area contributed by atoms with Crippen LogP contribution in [0.5, 0.6) is 0 Å². The van der Waals surface area contributed by atoms with Crippen molar-refractivity contribution in [3.8, 4) is 0 Å². The van der Waals surface area contributed by atoms with Crippen molar-refractivity contribution in [2.24, 2.45) is 10.7 Å². The molecule has 3 aromatic rings. The van der Waals surface area contributed by atoms with E-state index in [0.29, 0.717) is 11.4 Å². The monoisotopic (exact) mass is 535 g/mol. The molecule has 13 heteroatoms. The molecule has 0 bridgehead atoms. The summed E-state index contributed by atoms with van der Waals surface area (Å²) in [5.41, 5.74) is 4.07. The van der Waals surface area contributed by atoms with Gasteiger partial charge in [0.05, 0.1) is 16.8 Å². The Morgan fingerprint density at radius 2 is 1.80 bits per heavy atom. The first kappa shape index (κ1) is 29.3. The predicted molar refractivity (Wildman–Crippen MR) is 122 cm³/mol. The average molecular weight is 536 g/mol. The van der Waals surface area contributed by atoms with Crippen LogP contribution in [0.1, 0.15) is 34.0 Å². The second kappa shape index (κ2) is 12.4. The molecule has 4 N–H and O–H groups in total. The fourth-order valence-corrected chi connectivity index (χ4v) is 3.73. The van der Waals surface area contributed by atoms with Gasteiger partial charge in [-0.2, -0.15) is 13.2 Å². The van der Waals surface area contributed by atoms with Gasteiger partial charge in [-0.05, 0) is 55.3 Å². The van der Waals surface area contributed by atoms with Gasteiger partial charge in [-0.15, -0.1) is 0 Å². The fourth-order valence-electron chi connectivity index (χ4n) is 3.08. The zero-order valence-corrected chi connectivity index (χ0v) is 22.9. The first-order valence-corrected chi connectivity index (χ1v) is 10.6. The molecule has 0 fully saturated rings. The number of nitrogens with one attached hydrogen (secondary N) is 2. The molecule has 3 rings (SSSR count). The Morgan fingerprint density at radius 3 is 2.37 bits per heavy atom. The minimum absolute atomic E-state index is 0. The molecule has 6 nitrogen and oxygen atoms in total. The summed E-state index contributed by atoms with van der Waals surface area (Å²) in [5.74, 6) is -3.03. The molecule has 0 aliphatic heterocycles. The van der Waals surface area contributed by atoms with E-state index in [1.165, 1.54) is 25.4 Å². The van der Waals surface area contributed by atoms with E-state index in [4.69, 9.17) is 5.73 Å². The van der Waals surface area contributed by atoms with Crippen molar-refractivity contribution in [2.45, 2.75) is 18.0 Å². The number of halogens is 5. The Hall–Kier alpha value is -1.90. The number of aromatic nitrogens is 1. The molecule has 0 unspecified atom stereocenters. The van der Waals surface area contributed by atoms with Gasteiger partial charge in [0.1, 0.15) is 11.7 Å². The van der Waals surface area contributed by atoms with Gasteiger partial charge in [0.15, 0.2) is 11.6 Å². The minimum atomic E-state index is -4.48. The van der Waals surface area contributed by atoms with Gasteiger partial charge in [0.2, 0.25) is 0 Å². The Bertz CT molecular complexity index is 1230. The van der Waals surface area contributed by atoms with E-state index < -0.39 is 34.7 Å². The minimum Gasteiger partial charge on any atom is -0.468 e. The molecule has 0 aliphatic carbocycles. The van der Waals surface area contributed by atoms with Crippen LogP contribution in [0.2, 0.25) is 0 Å². The van der Waals surface area contributed by atoms with Gasteiger partial charge < -0.3 is 20.8 Å². The van der Waals surface area contributed by atoms with E-state index >= 15 is 4.39 Å². The van der Waals surface area contributed by atoms with Crippen LogP contribution in [0.4, 0.5) is 33.5 Å². The van der Waals surface area contributed by atoms with Gasteiger partial charge >= 0.3 is 57.6 Å². The molecule has 35 heavy (non-hydrogen) atoms. The van der Waals surface area contributed by atoms with Crippen LogP contribution in [-0.4, -0.2) is 30.2 Å². The van der Waals surface area contributed by atoms with Gasteiger partial charge in [-0.25, -0.2) is 8.78 Å². The Morgan fingerprint density at radius 1 is 1.14 bits per heavy atom. The molecule has 0 spiro atoms. The molecule has 0 radical (unpaired) electrons. The van der Waals surface area contributed by atoms with Crippen molar-refractivity contribution < 1.29 is 78.1 Å². The predicted octanol–water partition coefficient (Wildman–Crippen LogP) is 3.03. The molecule has 0 saturated heterocycles. The van der Waals surface area contributed by atoms with Crippen LogP contribution in [0.3, 0.4) is 0 Å². The number of anilines is 1. The number of carbonyl (C=O) groups is 1. The molecule has 0 atom stereocenters. The number of nitrogens with two attached hydrogens (primary N) is 1. The van der Waals surface area contributed by atoms with E-state index in [9.17, 15) is 22.4 Å². The standard InChI is InChI=1S/C22H20F5N5OS.K/c1-3-30-20(28)16-13(10-31-21(16)29-2)19(33)17-14(23)8-9-15(18(17)24)32-34-12-6-4-11(5-7-12)22(25,26)27;/h4-10,32H,3H2,1-2H3,(H4,28,29,30,31,33);/q;+1/p-1. The van der Waals surface area contributed by atoms with E-state index in [1.54, 1.807) is 6.92 Å². The summed E-state index contributed by atoms with van der Waals surface area (Å²) in [5, 5.41) is 3.98. The van der Waals surface area contributed by atoms with Gasteiger partial charge in [0.25, 0.3) is 0 Å². The van der Waals surface area contributed by atoms with Crippen LogP contribution in [0, 0.1) is 11.6 Å². The van der Waals surface area contributed by atoms with Gasteiger partial charge in [-0.3, -0.25) is 9.79 Å². The fraction of sp³-hybridized carbons (Fsp3) is 0.182. The molecule has 2 aromatic carbocycles. The zero-order chi connectivity index (χ0) is 25.0. The number of hydrogen-bond donors (Lipinski definition) is 3. The van der Waals surface area contributed by atoms with E-state index in [0.717, 1.165) is 36.2 Å². The number of ketones is 1. The summed E-state index contributed by atoms with van der Waals surface area (Å²) in [4.78, 5) is 20.2. The smallest absolute Gasteiger partial charge is 0.468 e. The third-order valence-corrected chi connectivity index (χ3v) is 5.52. The second-order valence-electron chi connectivity index (χ2n) is 6.85. The van der Waals surface area contributed by atoms with Gasteiger partial charge in [-0.1, -0.05) is 19.1 Å². The van der Waals surface area contributed by atoms with E-state index in [-0.39, 0.29) is 79.9 Å². The Labute approximate surface area is 244 Å². The molecule has 0 saturated carbocycles. The third kappa shape index (κ3) is 6.65. The molecule has 1 heterocycles. The maximum atomic E-state index is 15.2. The zero-order valence-electron chi connectivity index (χ0n) is 18.9. The third-order valence-electron chi connectivity index (χ3n) is 4.69. The van der Waals surface area contributed by atoms with Crippen LogP contribution < -0.4 is 61.8 Å². The number of carbonyl (C=O) groups excluding carboxylic acids is 1. The summed E-state index contributed by atoms with van der Waals surface area (Å²) >= 11 is 0.800. The van der Waals surface area contributed by atoms with Crippen LogP contribution >= 0.6 is 11.9 Å². The summed E-state index contributed by atoms with van der Waals surface area (Å²) in [6.45, 7) is 2.05. The molecular formula is C22H19F5KN5OS. The van der Waals surface area contributed by atoms with Crippen molar-refractivity contribution in [1.29, 1.82) is 0 Å². The SMILES string of the molecule is CCN=C(N)c1c(C(=O)c2c(F)ccc(NSc3ccc(C(F)(F)F)cc3)c2F)c[nH]c1[N-]C.[K+]. The van der Waals surface area contributed by atoms with E-state index in [2.05, 4.69) is 20.0 Å². The second-order valence-corrected chi connectivity index (χ2v) is 7.73. The Balaban J connectivity index is 0.00000432. The summed E-state index contributed by atoms with van der Waals surface area (Å²) in [6, 6.07) is 6.15. The van der Waals surface area contributed by atoms with Crippen molar-refractivity contribution >= 4 is 35.1 Å². The Kier molecular flexibility index (Phi) is 10.4. The number of rotatable bonds is 8. The first-order valence-electron chi connectivity index (χ1n) is 9.82. The number of hydrogen-bond acceptors (Lipinski definition) is 4. The molecular weight excluding hydrogens is 516 g/mol. The van der Waals surface area contributed by atoms with Crippen LogP contribution in [-0.2, 0) is 6.18 Å². The number of nitrogens with zero attached hydrogens (tertiary/aromatic N) is 2. The van der Waals surface area contributed by atoms with Crippen molar-refractivity contribution in [3.63, 3.8) is 0 Å². The molecule has 0 aliphatic rings. The van der Waals surface area contributed by atoms with E-state index in [1.807, 2.05) is 0 Å². The maximum absolute atomic E-state index is 15.2. The van der Waals surface area contributed by atoms with Gasteiger partial charge in [0, 0.05) is 22.6 Å². The largest absolute Gasteiger partial charge is 1.00 e. The number of aromatic amines is 1. The molecule has 0 amide bonds. The topological polar surface area (TPSA) is 97.4 Å².